The Balaban J connectivity index is 2.26. The number of carbonyl (C=O) groups is 1. The topological polar surface area (TPSA) is 61.2 Å². The average molecular weight is 318 g/mol. The number of carbonyl (C=O) groups excluding carboxylic acids is 1. The zero-order valence-corrected chi connectivity index (χ0v) is 13.6. The van der Waals surface area contributed by atoms with Gasteiger partial charge in [0.05, 0.1) is 12.7 Å². The van der Waals surface area contributed by atoms with Gasteiger partial charge in [-0.15, -0.1) is 0 Å². The predicted molar refractivity (Wildman–Crippen MR) is 86.2 cm³/mol. The molecule has 0 radical (unpaired) electrons. The highest BCUT2D eigenvalue weighted by atomic mass is 32.2. The van der Waals surface area contributed by atoms with Gasteiger partial charge in [0, 0.05) is 24.6 Å². The van der Waals surface area contributed by atoms with Crippen molar-refractivity contribution < 1.29 is 9.53 Å². The van der Waals surface area contributed by atoms with Crippen LogP contribution in [-0.4, -0.2) is 22.6 Å². The summed E-state index contributed by atoms with van der Waals surface area (Å²) in [5, 5.41) is 0.643. The molecule has 1 aromatic carbocycles. The number of benzene rings is 1. The molecule has 0 spiro atoms. The summed E-state index contributed by atoms with van der Waals surface area (Å²) < 4.78 is 6.31. The quantitative estimate of drug-likeness (QED) is 0.481. The number of thioether (sulfide) groups is 1. The molecule has 5 nitrogen and oxygen atoms in total. The molecule has 0 saturated carbocycles. The molecule has 0 fully saturated rings. The van der Waals surface area contributed by atoms with Crippen LogP contribution in [0.2, 0.25) is 0 Å². The molecule has 2 rings (SSSR count). The first kappa shape index (κ1) is 16.3. The minimum Gasteiger partial charge on any atom is -0.465 e. The van der Waals surface area contributed by atoms with Gasteiger partial charge in [0.15, 0.2) is 5.16 Å². The van der Waals surface area contributed by atoms with Crippen molar-refractivity contribution in [3.8, 4) is 0 Å². The maximum atomic E-state index is 11.9. The second-order valence-corrected chi connectivity index (χ2v) is 5.66. The van der Waals surface area contributed by atoms with E-state index in [2.05, 4.69) is 4.98 Å². The van der Waals surface area contributed by atoms with E-state index >= 15 is 0 Å². The van der Waals surface area contributed by atoms with E-state index in [4.69, 9.17) is 4.74 Å². The lowest BCUT2D eigenvalue weighted by Gasteiger charge is -2.10. The van der Waals surface area contributed by atoms with Gasteiger partial charge in [0.1, 0.15) is 0 Å². The number of nitrogens with zero attached hydrogens (tertiary/aromatic N) is 2. The maximum Gasteiger partial charge on any atom is 0.338 e. The number of ether oxygens (including phenoxy) is 1. The first-order chi connectivity index (χ1) is 10.6. The maximum absolute atomic E-state index is 11.9. The second-order valence-electron chi connectivity index (χ2n) is 4.72. The number of methoxy groups -OCH3 is 1. The Labute approximate surface area is 133 Å². The van der Waals surface area contributed by atoms with Gasteiger partial charge in [-0.1, -0.05) is 36.9 Å². The van der Waals surface area contributed by atoms with E-state index in [1.165, 1.54) is 23.4 Å². The van der Waals surface area contributed by atoms with Crippen LogP contribution >= 0.6 is 11.8 Å². The first-order valence-electron chi connectivity index (χ1n) is 6.92. The van der Waals surface area contributed by atoms with Crippen molar-refractivity contribution in [1.29, 1.82) is 0 Å². The third-order valence-electron chi connectivity index (χ3n) is 3.29. The Morgan fingerprint density at radius 1 is 1.36 bits per heavy atom. The molecule has 0 aliphatic rings. The van der Waals surface area contributed by atoms with Gasteiger partial charge in [0.2, 0.25) is 0 Å². The van der Waals surface area contributed by atoms with Gasteiger partial charge in [-0.2, -0.15) is 0 Å². The molecular formula is C16H18N2O3S. The van der Waals surface area contributed by atoms with E-state index in [-0.39, 0.29) is 11.5 Å². The summed E-state index contributed by atoms with van der Waals surface area (Å²) in [6.45, 7) is 1.96. The Bertz CT molecular complexity index is 740. The van der Waals surface area contributed by atoms with Crippen LogP contribution in [0.4, 0.5) is 0 Å². The predicted octanol–water partition coefficient (Wildman–Crippen LogP) is 2.42. The van der Waals surface area contributed by atoms with Crippen LogP contribution in [0.25, 0.3) is 0 Å². The largest absolute Gasteiger partial charge is 0.465 e. The summed E-state index contributed by atoms with van der Waals surface area (Å²) in [6, 6.07) is 8.83. The number of esters is 1. The van der Waals surface area contributed by atoms with Gasteiger partial charge >= 0.3 is 5.97 Å². The summed E-state index contributed by atoms with van der Waals surface area (Å²) in [5.74, 6) is 0.180. The summed E-state index contributed by atoms with van der Waals surface area (Å²) in [4.78, 5) is 28.1. The van der Waals surface area contributed by atoms with Crippen molar-refractivity contribution in [3.63, 3.8) is 0 Å². The SMILES string of the molecule is CCc1cc(=O)n(C)c(SCc2ccccc2C(=O)OC)n1. The number of aryl methyl sites for hydroxylation is 1. The number of aromatic nitrogens is 2. The van der Waals surface area contributed by atoms with E-state index < -0.39 is 0 Å². The monoisotopic (exact) mass is 318 g/mol. The Morgan fingerprint density at radius 3 is 2.77 bits per heavy atom. The highest BCUT2D eigenvalue weighted by molar-refractivity contribution is 7.98. The summed E-state index contributed by atoms with van der Waals surface area (Å²) in [5.41, 5.74) is 2.09. The average Bonchev–Trinajstić information content (AvgIpc) is 2.55. The summed E-state index contributed by atoms with van der Waals surface area (Å²) >= 11 is 1.43. The first-order valence-corrected chi connectivity index (χ1v) is 7.91. The lowest BCUT2D eigenvalue weighted by Crippen LogP contribution is -2.20. The number of rotatable bonds is 5. The highest BCUT2D eigenvalue weighted by Gasteiger charge is 2.12. The zero-order valence-electron chi connectivity index (χ0n) is 12.8. The van der Waals surface area contributed by atoms with Crippen LogP contribution in [-0.2, 0) is 24.0 Å². The fraction of sp³-hybridized carbons (Fsp3) is 0.312. The van der Waals surface area contributed by atoms with E-state index in [0.717, 1.165) is 11.3 Å². The molecule has 0 N–H and O–H groups in total. The van der Waals surface area contributed by atoms with E-state index in [9.17, 15) is 9.59 Å². The number of hydrogen-bond donors (Lipinski definition) is 0. The van der Waals surface area contributed by atoms with Gasteiger partial charge in [0.25, 0.3) is 5.56 Å². The normalized spacial score (nSPS) is 10.5. The molecule has 0 atom stereocenters. The Hall–Kier alpha value is -2.08. The summed E-state index contributed by atoms with van der Waals surface area (Å²) in [7, 11) is 3.06. The third kappa shape index (κ3) is 3.57. The molecule has 0 bridgehead atoms. The van der Waals surface area contributed by atoms with Crippen LogP contribution < -0.4 is 5.56 Å². The van der Waals surface area contributed by atoms with E-state index in [1.807, 2.05) is 19.1 Å². The molecule has 0 saturated heterocycles. The molecule has 2 aromatic rings. The van der Waals surface area contributed by atoms with Crippen molar-refractivity contribution in [2.24, 2.45) is 7.05 Å². The van der Waals surface area contributed by atoms with Crippen LogP contribution in [0, 0.1) is 0 Å². The molecule has 6 heteroatoms. The van der Waals surface area contributed by atoms with Gasteiger partial charge in [-0.3, -0.25) is 9.36 Å². The van der Waals surface area contributed by atoms with Crippen LogP contribution in [0.15, 0.2) is 40.3 Å². The molecule has 1 heterocycles. The molecular weight excluding hydrogens is 300 g/mol. The van der Waals surface area contributed by atoms with Crippen molar-refractivity contribution in [3.05, 3.63) is 57.5 Å². The van der Waals surface area contributed by atoms with Crippen LogP contribution in [0.1, 0.15) is 28.5 Å². The van der Waals surface area contributed by atoms with Gasteiger partial charge in [-0.25, -0.2) is 9.78 Å². The molecule has 0 amide bonds. The lowest BCUT2D eigenvalue weighted by molar-refractivity contribution is 0.0600. The van der Waals surface area contributed by atoms with Crippen molar-refractivity contribution >= 4 is 17.7 Å². The Morgan fingerprint density at radius 2 is 2.09 bits per heavy atom. The molecule has 0 aliphatic heterocycles. The third-order valence-corrected chi connectivity index (χ3v) is 4.37. The van der Waals surface area contributed by atoms with Crippen LogP contribution in [0.3, 0.4) is 0 Å². The molecule has 116 valence electrons. The second kappa shape index (κ2) is 7.26. The molecule has 1 aromatic heterocycles. The molecule has 0 unspecified atom stereocenters. The zero-order chi connectivity index (χ0) is 16.1. The number of hydrogen-bond acceptors (Lipinski definition) is 5. The highest BCUT2D eigenvalue weighted by Crippen LogP contribution is 2.22. The standard InChI is InChI=1S/C16H18N2O3S/c1-4-12-9-14(19)18(2)16(17-12)22-10-11-7-5-6-8-13(11)15(20)21-3/h5-9H,4,10H2,1-3H3. The lowest BCUT2D eigenvalue weighted by atomic mass is 10.1. The van der Waals surface area contributed by atoms with E-state index in [1.54, 1.807) is 25.2 Å². The van der Waals surface area contributed by atoms with Crippen LogP contribution in [0.5, 0.6) is 0 Å². The van der Waals surface area contributed by atoms with Crippen molar-refractivity contribution in [1.82, 2.24) is 9.55 Å². The fourth-order valence-electron chi connectivity index (χ4n) is 1.97. The smallest absolute Gasteiger partial charge is 0.338 e. The minimum absolute atomic E-state index is 0.0735. The Kier molecular flexibility index (Phi) is 5.38. The fourth-order valence-corrected chi connectivity index (χ4v) is 2.97. The van der Waals surface area contributed by atoms with E-state index in [0.29, 0.717) is 22.9 Å². The molecule has 0 aliphatic carbocycles. The van der Waals surface area contributed by atoms with Gasteiger partial charge in [-0.05, 0) is 18.1 Å². The van der Waals surface area contributed by atoms with Crippen molar-refractivity contribution in [2.45, 2.75) is 24.3 Å². The minimum atomic E-state index is -0.361. The molecule has 22 heavy (non-hydrogen) atoms. The van der Waals surface area contributed by atoms with Crippen molar-refractivity contribution in [2.75, 3.05) is 7.11 Å². The van der Waals surface area contributed by atoms with Gasteiger partial charge < -0.3 is 4.74 Å². The summed E-state index contributed by atoms with van der Waals surface area (Å²) in [6.07, 6.45) is 0.711.